The minimum atomic E-state index is 0.828. The molecule has 0 bridgehead atoms. The molecule has 0 aliphatic heterocycles. The van der Waals surface area contributed by atoms with E-state index in [9.17, 15) is 0 Å². The number of aryl methyl sites for hydroxylation is 1. The molecule has 0 saturated heterocycles. The van der Waals surface area contributed by atoms with Crippen LogP contribution < -0.4 is 0 Å². The zero-order valence-electron chi connectivity index (χ0n) is 8.44. The van der Waals surface area contributed by atoms with Crippen molar-refractivity contribution in [2.45, 2.75) is 6.92 Å². The van der Waals surface area contributed by atoms with Crippen molar-refractivity contribution in [3.8, 4) is 0 Å². The molecule has 2 aromatic heterocycles. The topological polar surface area (TPSA) is 25.8 Å². The standard InChI is InChI=1S/C13H10N2/c1-9-6-7-11-8-10-4-2-3-5-12(10)15-13(11)14-9/h2-8H,1H3. The largest absolute Gasteiger partial charge is 0.233 e. The van der Waals surface area contributed by atoms with Gasteiger partial charge < -0.3 is 0 Å². The summed E-state index contributed by atoms with van der Waals surface area (Å²) < 4.78 is 0. The Hall–Kier alpha value is -1.96. The Kier molecular flexibility index (Phi) is 1.68. The number of aromatic nitrogens is 2. The summed E-state index contributed by atoms with van der Waals surface area (Å²) >= 11 is 0. The second-order valence-corrected chi connectivity index (χ2v) is 3.68. The Morgan fingerprint density at radius 1 is 0.867 bits per heavy atom. The number of fused-ring (bicyclic) bond motifs is 2. The van der Waals surface area contributed by atoms with Crippen LogP contribution in [-0.4, -0.2) is 9.97 Å². The van der Waals surface area contributed by atoms with Gasteiger partial charge in [-0.05, 0) is 31.2 Å². The molecule has 0 aliphatic carbocycles. The maximum absolute atomic E-state index is 4.53. The smallest absolute Gasteiger partial charge is 0.160 e. The van der Waals surface area contributed by atoms with Crippen LogP contribution in [0.1, 0.15) is 5.69 Å². The Bertz CT molecular complexity index is 644. The maximum atomic E-state index is 4.53. The van der Waals surface area contributed by atoms with Gasteiger partial charge in [0.05, 0.1) is 5.52 Å². The van der Waals surface area contributed by atoms with Gasteiger partial charge in [0.2, 0.25) is 0 Å². The van der Waals surface area contributed by atoms with Gasteiger partial charge in [0, 0.05) is 16.5 Å². The lowest BCUT2D eigenvalue weighted by Crippen LogP contribution is -1.87. The third-order valence-corrected chi connectivity index (χ3v) is 2.52. The van der Waals surface area contributed by atoms with Crippen molar-refractivity contribution >= 4 is 21.9 Å². The van der Waals surface area contributed by atoms with Crippen molar-refractivity contribution in [1.82, 2.24) is 9.97 Å². The average Bonchev–Trinajstić information content (AvgIpc) is 2.26. The molecule has 0 saturated carbocycles. The molecule has 0 unspecified atom stereocenters. The normalized spacial score (nSPS) is 11.0. The summed E-state index contributed by atoms with van der Waals surface area (Å²) in [5.74, 6) is 0. The van der Waals surface area contributed by atoms with E-state index in [4.69, 9.17) is 0 Å². The van der Waals surface area contributed by atoms with Gasteiger partial charge in [-0.15, -0.1) is 0 Å². The lowest BCUT2D eigenvalue weighted by molar-refractivity contribution is 1.22. The third kappa shape index (κ3) is 1.34. The van der Waals surface area contributed by atoms with Gasteiger partial charge >= 0.3 is 0 Å². The molecule has 15 heavy (non-hydrogen) atoms. The van der Waals surface area contributed by atoms with Crippen molar-refractivity contribution < 1.29 is 0 Å². The molecule has 2 heterocycles. The molecule has 0 fully saturated rings. The fourth-order valence-electron chi connectivity index (χ4n) is 1.75. The molecule has 3 aromatic rings. The molecule has 0 spiro atoms. The third-order valence-electron chi connectivity index (χ3n) is 2.52. The quantitative estimate of drug-likeness (QED) is 0.514. The summed E-state index contributed by atoms with van der Waals surface area (Å²) in [6.45, 7) is 1.98. The number of pyridine rings is 2. The zero-order valence-corrected chi connectivity index (χ0v) is 8.44. The highest BCUT2D eigenvalue weighted by Gasteiger charge is 1.99. The molecule has 2 heteroatoms. The first kappa shape index (κ1) is 8.36. The molecular weight excluding hydrogens is 184 g/mol. The van der Waals surface area contributed by atoms with Crippen molar-refractivity contribution in [2.75, 3.05) is 0 Å². The lowest BCUT2D eigenvalue weighted by atomic mass is 10.1. The Labute approximate surface area is 87.6 Å². The molecule has 0 aliphatic rings. The number of hydrogen-bond acceptors (Lipinski definition) is 2. The second-order valence-electron chi connectivity index (χ2n) is 3.68. The van der Waals surface area contributed by atoms with Crippen LogP contribution in [-0.2, 0) is 0 Å². The van der Waals surface area contributed by atoms with Gasteiger partial charge in [-0.1, -0.05) is 18.2 Å². The van der Waals surface area contributed by atoms with E-state index in [1.165, 1.54) is 0 Å². The molecule has 0 N–H and O–H groups in total. The summed E-state index contributed by atoms with van der Waals surface area (Å²) in [5.41, 5.74) is 2.84. The summed E-state index contributed by atoms with van der Waals surface area (Å²) in [6.07, 6.45) is 0. The van der Waals surface area contributed by atoms with Crippen LogP contribution in [0.25, 0.3) is 21.9 Å². The fraction of sp³-hybridized carbons (Fsp3) is 0.0769. The van der Waals surface area contributed by atoms with Crippen LogP contribution >= 0.6 is 0 Å². The van der Waals surface area contributed by atoms with E-state index in [2.05, 4.69) is 28.2 Å². The highest BCUT2D eigenvalue weighted by Crippen LogP contribution is 2.17. The SMILES string of the molecule is Cc1ccc2cc3ccccc3nc2n1. The number of para-hydroxylation sites is 1. The second kappa shape index (κ2) is 3.02. The predicted molar refractivity (Wildman–Crippen MR) is 61.8 cm³/mol. The minimum Gasteiger partial charge on any atom is -0.233 e. The Morgan fingerprint density at radius 3 is 2.67 bits per heavy atom. The highest BCUT2D eigenvalue weighted by atomic mass is 14.8. The molecule has 1 aromatic carbocycles. The highest BCUT2D eigenvalue weighted by molar-refractivity contribution is 5.90. The van der Waals surface area contributed by atoms with Crippen molar-refractivity contribution in [1.29, 1.82) is 0 Å². The first-order chi connectivity index (χ1) is 7.33. The molecule has 0 radical (unpaired) electrons. The van der Waals surface area contributed by atoms with Crippen molar-refractivity contribution in [2.24, 2.45) is 0 Å². The number of hydrogen-bond donors (Lipinski definition) is 0. The van der Waals surface area contributed by atoms with Crippen LogP contribution in [0.5, 0.6) is 0 Å². The molecule has 72 valence electrons. The van der Waals surface area contributed by atoms with Crippen molar-refractivity contribution in [3.05, 3.63) is 48.2 Å². The molecule has 0 atom stereocenters. The van der Waals surface area contributed by atoms with Crippen LogP contribution in [0, 0.1) is 6.92 Å². The monoisotopic (exact) mass is 194 g/mol. The number of rotatable bonds is 0. The van der Waals surface area contributed by atoms with E-state index in [-0.39, 0.29) is 0 Å². The van der Waals surface area contributed by atoms with Crippen LogP contribution in [0.4, 0.5) is 0 Å². The van der Waals surface area contributed by atoms with E-state index in [0.29, 0.717) is 0 Å². The van der Waals surface area contributed by atoms with Crippen LogP contribution in [0.3, 0.4) is 0 Å². The first-order valence-electron chi connectivity index (χ1n) is 4.96. The number of benzene rings is 1. The van der Waals surface area contributed by atoms with Gasteiger partial charge in [-0.2, -0.15) is 0 Å². The Morgan fingerprint density at radius 2 is 1.73 bits per heavy atom. The summed E-state index contributed by atoms with van der Waals surface area (Å²) in [6, 6.07) is 14.3. The zero-order chi connectivity index (χ0) is 10.3. The predicted octanol–water partition coefficient (Wildman–Crippen LogP) is 3.09. The van der Waals surface area contributed by atoms with Gasteiger partial charge in [-0.25, -0.2) is 9.97 Å². The fourth-order valence-corrected chi connectivity index (χ4v) is 1.75. The first-order valence-corrected chi connectivity index (χ1v) is 4.96. The summed E-state index contributed by atoms with van der Waals surface area (Å²) in [4.78, 5) is 8.94. The molecule has 2 nitrogen and oxygen atoms in total. The summed E-state index contributed by atoms with van der Waals surface area (Å²) in [7, 11) is 0. The van der Waals surface area contributed by atoms with Gasteiger partial charge in [0.15, 0.2) is 5.65 Å². The number of nitrogens with zero attached hydrogens (tertiary/aromatic N) is 2. The van der Waals surface area contributed by atoms with E-state index in [1.54, 1.807) is 0 Å². The van der Waals surface area contributed by atoms with Crippen LogP contribution in [0.15, 0.2) is 42.5 Å². The average molecular weight is 194 g/mol. The van der Waals surface area contributed by atoms with Crippen molar-refractivity contribution in [3.63, 3.8) is 0 Å². The van der Waals surface area contributed by atoms with Gasteiger partial charge in [-0.3, -0.25) is 0 Å². The molecule has 0 amide bonds. The van der Waals surface area contributed by atoms with E-state index >= 15 is 0 Å². The summed E-state index contributed by atoms with van der Waals surface area (Å²) in [5, 5.41) is 2.26. The van der Waals surface area contributed by atoms with Gasteiger partial charge in [0.1, 0.15) is 0 Å². The molecular formula is C13H10N2. The molecule has 3 rings (SSSR count). The van der Waals surface area contributed by atoms with E-state index in [1.807, 2.05) is 31.2 Å². The van der Waals surface area contributed by atoms with Crippen LogP contribution in [0.2, 0.25) is 0 Å². The lowest BCUT2D eigenvalue weighted by Gasteiger charge is -2.01. The maximum Gasteiger partial charge on any atom is 0.160 e. The van der Waals surface area contributed by atoms with E-state index in [0.717, 1.165) is 27.6 Å². The Balaban J connectivity index is 2.47. The minimum absolute atomic E-state index is 0.828. The van der Waals surface area contributed by atoms with E-state index < -0.39 is 0 Å². The van der Waals surface area contributed by atoms with Gasteiger partial charge in [0.25, 0.3) is 0 Å².